The Bertz CT molecular complexity index is 500. The highest BCUT2D eigenvalue weighted by atomic mass is 16.5. The van der Waals surface area contributed by atoms with Crippen LogP contribution in [0.25, 0.3) is 0 Å². The number of ether oxygens (including phenoxy) is 1. The van der Waals surface area contributed by atoms with Crippen molar-refractivity contribution in [1.82, 2.24) is 10.6 Å². The number of carbonyl (C=O) groups excluding carboxylic acids is 1. The average Bonchev–Trinajstić information content (AvgIpc) is 2.63. The summed E-state index contributed by atoms with van der Waals surface area (Å²) in [7, 11) is 0. The molecule has 1 aliphatic heterocycles. The summed E-state index contributed by atoms with van der Waals surface area (Å²) in [4.78, 5) is 12.2. The molecule has 1 aromatic carbocycles. The molecule has 1 saturated heterocycles. The standard InChI is InChI=1S/C20H30N2O2/c23-20(22-18-10-12-24-13-11-18)15-21-19-9-5-4-8-17(19)14-16-6-2-1-3-7-16/h1-3,6-7,17-19,21H,4-5,8-15H2,(H,22,23)/t17-,19+/m0/s1. The second-order valence-electron chi connectivity index (χ2n) is 7.18. The van der Waals surface area contributed by atoms with Crippen LogP contribution in [-0.4, -0.2) is 37.7 Å². The van der Waals surface area contributed by atoms with Gasteiger partial charge in [-0.05, 0) is 43.6 Å². The van der Waals surface area contributed by atoms with Gasteiger partial charge >= 0.3 is 0 Å². The molecular weight excluding hydrogens is 300 g/mol. The zero-order valence-corrected chi connectivity index (χ0v) is 14.5. The molecule has 0 spiro atoms. The van der Waals surface area contributed by atoms with Crippen molar-refractivity contribution >= 4 is 5.91 Å². The summed E-state index contributed by atoms with van der Waals surface area (Å²) >= 11 is 0. The molecule has 2 fully saturated rings. The van der Waals surface area contributed by atoms with Gasteiger partial charge in [-0.15, -0.1) is 0 Å². The molecule has 1 aliphatic carbocycles. The van der Waals surface area contributed by atoms with Gasteiger partial charge in [0.05, 0.1) is 6.54 Å². The molecular formula is C20H30N2O2. The monoisotopic (exact) mass is 330 g/mol. The molecule has 2 aliphatic rings. The molecule has 1 heterocycles. The Hall–Kier alpha value is -1.39. The number of benzene rings is 1. The summed E-state index contributed by atoms with van der Waals surface area (Å²) in [6, 6.07) is 11.5. The molecule has 1 aromatic rings. The lowest BCUT2D eigenvalue weighted by atomic mass is 9.80. The Morgan fingerprint density at radius 2 is 1.79 bits per heavy atom. The van der Waals surface area contributed by atoms with Crippen LogP contribution in [0, 0.1) is 5.92 Å². The van der Waals surface area contributed by atoms with Gasteiger partial charge in [0.1, 0.15) is 0 Å². The first-order valence-electron chi connectivity index (χ1n) is 9.45. The van der Waals surface area contributed by atoms with Gasteiger partial charge < -0.3 is 15.4 Å². The van der Waals surface area contributed by atoms with Crippen molar-refractivity contribution in [3.8, 4) is 0 Å². The van der Waals surface area contributed by atoms with Crippen LogP contribution in [0.1, 0.15) is 44.1 Å². The highest BCUT2D eigenvalue weighted by Crippen LogP contribution is 2.27. The summed E-state index contributed by atoms with van der Waals surface area (Å²) < 4.78 is 5.34. The van der Waals surface area contributed by atoms with Crippen LogP contribution in [0.4, 0.5) is 0 Å². The van der Waals surface area contributed by atoms with E-state index < -0.39 is 0 Å². The fourth-order valence-electron chi connectivity index (χ4n) is 3.98. The topological polar surface area (TPSA) is 50.4 Å². The van der Waals surface area contributed by atoms with E-state index >= 15 is 0 Å². The molecule has 2 atom stereocenters. The third-order valence-electron chi connectivity index (χ3n) is 5.36. The zero-order valence-electron chi connectivity index (χ0n) is 14.5. The SMILES string of the molecule is O=C(CN[C@@H]1CCCC[C@H]1Cc1ccccc1)NC1CCOCC1. The molecule has 1 amide bonds. The molecule has 1 saturated carbocycles. The molecule has 4 heteroatoms. The van der Waals surface area contributed by atoms with E-state index in [4.69, 9.17) is 4.74 Å². The van der Waals surface area contributed by atoms with E-state index in [1.54, 1.807) is 0 Å². The molecule has 4 nitrogen and oxygen atoms in total. The fourth-order valence-corrected chi connectivity index (χ4v) is 3.98. The van der Waals surface area contributed by atoms with Crippen molar-refractivity contribution in [1.29, 1.82) is 0 Å². The Morgan fingerprint density at radius 1 is 1.04 bits per heavy atom. The van der Waals surface area contributed by atoms with Crippen LogP contribution >= 0.6 is 0 Å². The second kappa shape index (κ2) is 9.19. The summed E-state index contributed by atoms with van der Waals surface area (Å²) in [5.41, 5.74) is 1.41. The number of nitrogens with one attached hydrogen (secondary N) is 2. The zero-order chi connectivity index (χ0) is 16.6. The maximum absolute atomic E-state index is 12.2. The molecule has 132 valence electrons. The quantitative estimate of drug-likeness (QED) is 0.843. The largest absolute Gasteiger partial charge is 0.381 e. The minimum atomic E-state index is 0.130. The number of hydrogen-bond acceptors (Lipinski definition) is 3. The Kier molecular flexibility index (Phi) is 6.67. The first-order chi connectivity index (χ1) is 11.8. The Morgan fingerprint density at radius 3 is 2.58 bits per heavy atom. The molecule has 0 aromatic heterocycles. The van der Waals surface area contributed by atoms with Crippen molar-refractivity contribution in [2.75, 3.05) is 19.8 Å². The number of carbonyl (C=O) groups is 1. The Balaban J connectivity index is 1.45. The van der Waals surface area contributed by atoms with E-state index in [1.807, 2.05) is 0 Å². The van der Waals surface area contributed by atoms with Crippen molar-refractivity contribution in [2.45, 2.75) is 57.0 Å². The van der Waals surface area contributed by atoms with Gasteiger partial charge in [-0.25, -0.2) is 0 Å². The van der Waals surface area contributed by atoms with Gasteiger partial charge in [-0.3, -0.25) is 4.79 Å². The highest BCUT2D eigenvalue weighted by Gasteiger charge is 2.25. The molecule has 0 unspecified atom stereocenters. The second-order valence-corrected chi connectivity index (χ2v) is 7.18. The predicted molar refractivity (Wildman–Crippen MR) is 95.9 cm³/mol. The summed E-state index contributed by atoms with van der Waals surface area (Å²) in [5.74, 6) is 0.767. The van der Waals surface area contributed by atoms with Crippen LogP contribution in [0.3, 0.4) is 0 Å². The van der Waals surface area contributed by atoms with Crippen LogP contribution < -0.4 is 10.6 Å². The maximum atomic E-state index is 12.2. The number of rotatable bonds is 6. The van der Waals surface area contributed by atoms with Crippen molar-refractivity contribution < 1.29 is 9.53 Å². The normalized spacial score (nSPS) is 25.3. The van der Waals surface area contributed by atoms with Gasteiger partial charge in [0.25, 0.3) is 0 Å². The summed E-state index contributed by atoms with van der Waals surface area (Å²) in [6.45, 7) is 1.97. The van der Waals surface area contributed by atoms with E-state index in [-0.39, 0.29) is 5.91 Å². The molecule has 0 radical (unpaired) electrons. The highest BCUT2D eigenvalue weighted by molar-refractivity contribution is 5.78. The van der Waals surface area contributed by atoms with E-state index in [1.165, 1.54) is 31.2 Å². The summed E-state index contributed by atoms with van der Waals surface area (Å²) in [6.07, 6.45) is 8.00. The molecule has 3 rings (SSSR count). The van der Waals surface area contributed by atoms with Gasteiger partial charge in [0.2, 0.25) is 5.91 Å². The fraction of sp³-hybridized carbons (Fsp3) is 0.650. The van der Waals surface area contributed by atoms with Crippen molar-refractivity contribution in [3.63, 3.8) is 0 Å². The maximum Gasteiger partial charge on any atom is 0.234 e. The van der Waals surface area contributed by atoms with Crippen molar-refractivity contribution in [2.24, 2.45) is 5.92 Å². The molecule has 0 bridgehead atoms. The minimum absolute atomic E-state index is 0.130. The molecule has 2 N–H and O–H groups in total. The van der Waals surface area contributed by atoms with Gasteiger partial charge in [-0.1, -0.05) is 43.2 Å². The number of amides is 1. The van der Waals surface area contributed by atoms with Crippen molar-refractivity contribution in [3.05, 3.63) is 35.9 Å². The van der Waals surface area contributed by atoms with Gasteiger partial charge in [0, 0.05) is 25.3 Å². The first kappa shape index (κ1) is 17.4. The predicted octanol–water partition coefficient (Wildman–Crippen LogP) is 2.67. The van der Waals surface area contributed by atoms with Gasteiger partial charge in [-0.2, -0.15) is 0 Å². The lowest BCUT2D eigenvalue weighted by Crippen LogP contribution is -2.47. The Labute approximate surface area is 145 Å². The minimum Gasteiger partial charge on any atom is -0.381 e. The molecule has 24 heavy (non-hydrogen) atoms. The van der Waals surface area contributed by atoms with Crippen LogP contribution in [0.5, 0.6) is 0 Å². The van der Waals surface area contributed by atoms with Crippen LogP contribution in [0.2, 0.25) is 0 Å². The third-order valence-corrected chi connectivity index (χ3v) is 5.36. The van der Waals surface area contributed by atoms with E-state index in [2.05, 4.69) is 41.0 Å². The number of hydrogen-bond donors (Lipinski definition) is 2. The van der Waals surface area contributed by atoms with E-state index in [0.717, 1.165) is 32.5 Å². The first-order valence-corrected chi connectivity index (χ1v) is 9.45. The lowest BCUT2D eigenvalue weighted by Gasteiger charge is -2.32. The van der Waals surface area contributed by atoms with E-state index in [9.17, 15) is 4.79 Å². The third kappa shape index (κ3) is 5.32. The van der Waals surface area contributed by atoms with Gasteiger partial charge in [0.15, 0.2) is 0 Å². The van der Waals surface area contributed by atoms with Crippen LogP contribution in [0.15, 0.2) is 30.3 Å². The summed E-state index contributed by atoms with van der Waals surface area (Å²) in [5, 5.41) is 6.68. The van der Waals surface area contributed by atoms with E-state index in [0.29, 0.717) is 24.5 Å². The average molecular weight is 330 g/mol. The smallest absolute Gasteiger partial charge is 0.234 e. The lowest BCUT2D eigenvalue weighted by molar-refractivity contribution is -0.121. The van der Waals surface area contributed by atoms with Crippen LogP contribution in [-0.2, 0) is 16.0 Å².